The van der Waals surface area contributed by atoms with Crippen LogP contribution in [0.4, 0.5) is 0 Å². The van der Waals surface area contributed by atoms with Crippen molar-refractivity contribution in [3.05, 3.63) is 72.1 Å². The van der Waals surface area contributed by atoms with Crippen LogP contribution in [0.25, 0.3) is 10.9 Å². The predicted molar refractivity (Wildman–Crippen MR) is 99.4 cm³/mol. The number of fused-ring (bicyclic) bond motifs is 1. The second kappa shape index (κ2) is 6.09. The van der Waals surface area contributed by atoms with Gasteiger partial charge in [-0.1, -0.05) is 42.5 Å². The summed E-state index contributed by atoms with van der Waals surface area (Å²) >= 11 is 5.40. The number of thiocarbonyl (C=S) groups is 1. The normalized spacial score (nSPS) is 20.4. The van der Waals surface area contributed by atoms with Crippen LogP contribution in [-0.2, 0) is 11.2 Å². The molecule has 1 aliphatic carbocycles. The first-order valence-corrected chi connectivity index (χ1v) is 8.38. The molecule has 24 heavy (non-hydrogen) atoms. The number of hydrogen-bond acceptors (Lipinski definition) is 2. The number of carbonyl (C=O) groups is 1. The number of aromatic amines is 1. The van der Waals surface area contributed by atoms with Crippen molar-refractivity contribution in [3.63, 3.8) is 0 Å². The molecule has 0 saturated carbocycles. The van der Waals surface area contributed by atoms with Gasteiger partial charge in [0.2, 0.25) is 0 Å². The minimum absolute atomic E-state index is 0.00285. The van der Waals surface area contributed by atoms with E-state index in [0.717, 1.165) is 28.6 Å². The number of H-pyrrole nitrogens is 1. The summed E-state index contributed by atoms with van der Waals surface area (Å²) in [5.41, 5.74) is 3.04. The summed E-state index contributed by atoms with van der Waals surface area (Å²) in [5.74, 6) is 0.00285. The van der Waals surface area contributed by atoms with E-state index in [-0.39, 0.29) is 11.9 Å². The summed E-state index contributed by atoms with van der Waals surface area (Å²) < 4.78 is 0. The quantitative estimate of drug-likeness (QED) is 0.847. The number of para-hydroxylation sites is 1. The van der Waals surface area contributed by atoms with Crippen molar-refractivity contribution in [1.29, 1.82) is 0 Å². The third-order valence-electron chi connectivity index (χ3n) is 4.35. The number of allylic oxidation sites excluding steroid dienone is 5. The summed E-state index contributed by atoms with van der Waals surface area (Å²) in [7, 11) is 0. The lowest BCUT2D eigenvalue weighted by Gasteiger charge is -2.15. The van der Waals surface area contributed by atoms with Gasteiger partial charge < -0.3 is 10.3 Å². The fraction of sp³-hybridized carbons (Fsp3) is 0.158. The van der Waals surface area contributed by atoms with Gasteiger partial charge >= 0.3 is 0 Å². The lowest BCUT2D eigenvalue weighted by molar-refractivity contribution is -0.125. The molecular weight excluding hydrogens is 318 g/mol. The minimum Gasteiger partial charge on any atom is -0.361 e. The first-order valence-electron chi connectivity index (χ1n) is 7.97. The largest absolute Gasteiger partial charge is 0.361 e. The molecule has 120 valence electrons. The monoisotopic (exact) mass is 335 g/mol. The average molecular weight is 335 g/mol. The van der Waals surface area contributed by atoms with Gasteiger partial charge in [0, 0.05) is 29.2 Å². The van der Waals surface area contributed by atoms with Crippen LogP contribution in [0.15, 0.2) is 66.5 Å². The Bertz CT molecular complexity index is 906. The Morgan fingerprint density at radius 2 is 2.12 bits per heavy atom. The van der Waals surface area contributed by atoms with Crippen LogP contribution in [0.5, 0.6) is 0 Å². The molecule has 2 N–H and O–H groups in total. The fourth-order valence-corrected chi connectivity index (χ4v) is 3.51. The molecule has 0 spiro atoms. The number of nitrogens with zero attached hydrogens (tertiary/aromatic N) is 1. The molecule has 2 aromatic rings. The summed E-state index contributed by atoms with van der Waals surface area (Å²) in [4.78, 5) is 17.7. The Hall–Kier alpha value is -2.66. The second-order valence-electron chi connectivity index (χ2n) is 5.89. The van der Waals surface area contributed by atoms with E-state index < -0.39 is 0 Å². The van der Waals surface area contributed by atoms with Crippen molar-refractivity contribution in [2.45, 2.75) is 18.9 Å². The smallest absolute Gasteiger partial charge is 0.256 e. The maximum atomic E-state index is 12.9. The maximum absolute atomic E-state index is 12.9. The molecule has 2 heterocycles. The third kappa shape index (κ3) is 2.57. The highest BCUT2D eigenvalue weighted by atomic mass is 32.1. The maximum Gasteiger partial charge on any atom is 0.256 e. The second-order valence-corrected chi connectivity index (χ2v) is 6.28. The van der Waals surface area contributed by atoms with Gasteiger partial charge in [0.15, 0.2) is 5.11 Å². The van der Waals surface area contributed by atoms with Gasteiger partial charge in [0.05, 0.1) is 0 Å². The SMILES string of the molecule is O=C1C(Cc2c[nH]c3ccccc23)NC(=S)N1C1=CCC=CC=C1. The van der Waals surface area contributed by atoms with Crippen molar-refractivity contribution in [2.24, 2.45) is 0 Å². The molecule has 4 nitrogen and oxygen atoms in total. The van der Waals surface area contributed by atoms with Crippen molar-refractivity contribution < 1.29 is 4.79 Å². The molecule has 1 amide bonds. The van der Waals surface area contributed by atoms with Gasteiger partial charge in [0.1, 0.15) is 6.04 Å². The molecule has 4 rings (SSSR count). The van der Waals surface area contributed by atoms with Crippen LogP contribution in [0.1, 0.15) is 12.0 Å². The Labute approximate surface area is 145 Å². The van der Waals surface area contributed by atoms with Gasteiger partial charge in [-0.2, -0.15) is 0 Å². The van der Waals surface area contributed by atoms with E-state index in [0.29, 0.717) is 11.5 Å². The van der Waals surface area contributed by atoms with Crippen LogP contribution in [0.2, 0.25) is 0 Å². The van der Waals surface area contributed by atoms with E-state index in [1.54, 1.807) is 4.90 Å². The predicted octanol–water partition coefficient (Wildman–Crippen LogP) is 3.20. The molecule has 1 aromatic carbocycles. The van der Waals surface area contributed by atoms with E-state index in [1.165, 1.54) is 0 Å². The standard InChI is InChI=1S/C19H17N3OS/c23-18-17(11-13-12-20-16-10-6-5-9-15(13)16)21-19(24)22(18)14-7-3-1-2-4-8-14/h1-3,5-10,12,17,20H,4,11H2,(H,21,24). The van der Waals surface area contributed by atoms with Crippen molar-refractivity contribution in [3.8, 4) is 0 Å². The summed E-state index contributed by atoms with van der Waals surface area (Å²) in [6.07, 6.45) is 13.3. The van der Waals surface area contributed by atoms with Gasteiger partial charge in [-0.05, 0) is 36.3 Å². The third-order valence-corrected chi connectivity index (χ3v) is 4.65. The van der Waals surface area contributed by atoms with Crippen molar-refractivity contribution in [1.82, 2.24) is 15.2 Å². The molecule has 1 saturated heterocycles. The summed E-state index contributed by atoms with van der Waals surface area (Å²) in [6, 6.07) is 7.78. The van der Waals surface area contributed by atoms with E-state index in [4.69, 9.17) is 12.2 Å². The molecule has 1 fully saturated rings. The Kier molecular flexibility index (Phi) is 3.78. The number of rotatable bonds is 3. The van der Waals surface area contributed by atoms with E-state index in [9.17, 15) is 4.79 Å². The molecular formula is C19H17N3OS. The fourth-order valence-electron chi connectivity index (χ4n) is 3.17. The zero-order chi connectivity index (χ0) is 16.5. The Balaban J connectivity index is 1.58. The summed E-state index contributed by atoms with van der Waals surface area (Å²) in [6.45, 7) is 0. The Morgan fingerprint density at radius 3 is 3.04 bits per heavy atom. The van der Waals surface area contributed by atoms with Crippen LogP contribution in [0.3, 0.4) is 0 Å². The van der Waals surface area contributed by atoms with Gasteiger partial charge in [-0.25, -0.2) is 0 Å². The topological polar surface area (TPSA) is 48.1 Å². The van der Waals surface area contributed by atoms with Gasteiger partial charge in [0.25, 0.3) is 5.91 Å². The first-order chi connectivity index (χ1) is 11.7. The number of carbonyl (C=O) groups excluding carboxylic acids is 1. The first kappa shape index (κ1) is 14.9. The van der Waals surface area contributed by atoms with Crippen LogP contribution in [0, 0.1) is 0 Å². The van der Waals surface area contributed by atoms with Crippen molar-refractivity contribution in [2.75, 3.05) is 0 Å². The lowest BCUT2D eigenvalue weighted by atomic mass is 10.0. The summed E-state index contributed by atoms with van der Waals surface area (Å²) in [5, 5.41) is 4.80. The van der Waals surface area contributed by atoms with Crippen LogP contribution >= 0.6 is 12.2 Å². The van der Waals surface area contributed by atoms with Crippen LogP contribution in [-0.4, -0.2) is 26.9 Å². The Morgan fingerprint density at radius 1 is 1.25 bits per heavy atom. The number of amides is 1. The highest BCUT2D eigenvalue weighted by molar-refractivity contribution is 7.80. The molecule has 1 aliphatic heterocycles. The molecule has 1 unspecified atom stereocenters. The number of nitrogens with one attached hydrogen (secondary N) is 2. The van der Waals surface area contributed by atoms with Crippen molar-refractivity contribution >= 4 is 34.1 Å². The zero-order valence-electron chi connectivity index (χ0n) is 13.0. The van der Waals surface area contributed by atoms with Gasteiger partial charge in [-0.15, -0.1) is 0 Å². The number of hydrogen-bond donors (Lipinski definition) is 2. The van der Waals surface area contributed by atoms with Crippen LogP contribution < -0.4 is 5.32 Å². The van der Waals surface area contributed by atoms with E-state index >= 15 is 0 Å². The molecule has 2 aliphatic rings. The molecule has 0 radical (unpaired) electrons. The molecule has 1 aromatic heterocycles. The number of aromatic nitrogens is 1. The van der Waals surface area contributed by atoms with Gasteiger partial charge in [-0.3, -0.25) is 9.69 Å². The highest BCUT2D eigenvalue weighted by Crippen LogP contribution is 2.23. The lowest BCUT2D eigenvalue weighted by Crippen LogP contribution is -2.31. The average Bonchev–Trinajstić information content (AvgIpc) is 2.97. The number of benzene rings is 1. The minimum atomic E-state index is -0.331. The molecule has 5 heteroatoms. The van der Waals surface area contributed by atoms with E-state index in [2.05, 4.69) is 16.4 Å². The molecule has 1 atom stereocenters. The molecule has 0 bridgehead atoms. The zero-order valence-corrected chi connectivity index (χ0v) is 13.8. The van der Waals surface area contributed by atoms with E-state index in [1.807, 2.05) is 54.8 Å². The highest BCUT2D eigenvalue weighted by Gasteiger charge is 2.37.